The van der Waals surface area contributed by atoms with Gasteiger partial charge in [0.05, 0.1) is 6.33 Å². The molecular weight excluding hydrogens is 194 g/mol. The van der Waals surface area contributed by atoms with E-state index < -0.39 is 0 Å². The normalized spacial score (nSPS) is 10.9. The van der Waals surface area contributed by atoms with E-state index in [0.717, 1.165) is 0 Å². The van der Waals surface area contributed by atoms with E-state index in [1.54, 1.807) is 23.3 Å². The van der Waals surface area contributed by atoms with Gasteiger partial charge in [0.1, 0.15) is 11.8 Å². The minimum Gasteiger partial charge on any atom is -0.382 e. The van der Waals surface area contributed by atoms with Crippen LogP contribution in [0.5, 0.6) is 0 Å². The van der Waals surface area contributed by atoms with E-state index in [0.29, 0.717) is 22.9 Å². The van der Waals surface area contributed by atoms with E-state index in [-0.39, 0.29) is 0 Å². The van der Waals surface area contributed by atoms with Crippen molar-refractivity contribution in [2.75, 3.05) is 5.73 Å². The maximum Gasteiger partial charge on any atom is 0.239 e. The number of rotatable bonds is 1. The fraction of sp³-hybridized carbons (Fsp3) is 0. The molecular formula is C8H7N7. The molecule has 3 N–H and O–H groups in total. The fourth-order valence-electron chi connectivity index (χ4n) is 1.34. The first-order valence-corrected chi connectivity index (χ1v) is 4.29. The Balaban J connectivity index is 2.29. The Kier molecular flexibility index (Phi) is 1.46. The molecule has 15 heavy (non-hydrogen) atoms. The van der Waals surface area contributed by atoms with Crippen molar-refractivity contribution in [2.24, 2.45) is 0 Å². The van der Waals surface area contributed by atoms with Gasteiger partial charge in [-0.3, -0.25) is 4.57 Å². The van der Waals surface area contributed by atoms with Crippen molar-refractivity contribution in [3.8, 4) is 5.95 Å². The van der Waals surface area contributed by atoms with Crippen LogP contribution in [-0.4, -0.2) is 29.5 Å². The average molecular weight is 201 g/mol. The summed E-state index contributed by atoms with van der Waals surface area (Å²) in [6.45, 7) is 0. The molecule has 0 fully saturated rings. The Morgan fingerprint density at radius 3 is 3.07 bits per heavy atom. The third-order valence-corrected chi connectivity index (χ3v) is 2.04. The summed E-state index contributed by atoms with van der Waals surface area (Å²) in [7, 11) is 0. The van der Waals surface area contributed by atoms with Crippen LogP contribution in [0.15, 0.2) is 25.0 Å². The quantitative estimate of drug-likeness (QED) is 0.582. The van der Waals surface area contributed by atoms with Gasteiger partial charge in [-0.05, 0) is 0 Å². The van der Waals surface area contributed by atoms with Crippen molar-refractivity contribution < 1.29 is 0 Å². The number of hydrogen-bond acceptors (Lipinski definition) is 5. The highest BCUT2D eigenvalue weighted by Gasteiger charge is 2.07. The molecule has 0 spiro atoms. The van der Waals surface area contributed by atoms with Gasteiger partial charge in [0, 0.05) is 12.4 Å². The van der Waals surface area contributed by atoms with Crippen molar-refractivity contribution in [1.29, 1.82) is 0 Å². The first kappa shape index (κ1) is 7.92. The van der Waals surface area contributed by atoms with E-state index in [1.807, 2.05) is 0 Å². The number of nitrogens with zero attached hydrogens (tertiary/aromatic N) is 5. The number of aromatic amines is 1. The van der Waals surface area contributed by atoms with Gasteiger partial charge in [-0.2, -0.15) is 9.97 Å². The first-order chi connectivity index (χ1) is 7.34. The number of fused-ring (bicyclic) bond motifs is 1. The molecule has 0 radical (unpaired) electrons. The Labute approximate surface area is 84.0 Å². The summed E-state index contributed by atoms with van der Waals surface area (Å²) >= 11 is 0. The number of nitrogen functional groups attached to an aromatic ring is 1. The Morgan fingerprint density at radius 2 is 2.27 bits per heavy atom. The maximum absolute atomic E-state index is 5.75. The van der Waals surface area contributed by atoms with E-state index in [2.05, 4.69) is 24.9 Å². The molecule has 0 aliphatic rings. The summed E-state index contributed by atoms with van der Waals surface area (Å²) in [6, 6.07) is 0. The van der Waals surface area contributed by atoms with Crippen LogP contribution in [0.1, 0.15) is 0 Å². The molecule has 0 aliphatic heterocycles. The van der Waals surface area contributed by atoms with Crippen molar-refractivity contribution in [3.63, 3.8) is 0 Å². The van der Waals surface area contributed by atoms with Gasteiger partial charge in [-0.15, -0.1) is 0 Å². The maximum atomic E-state index is 5.75. The molecule has 3 aromatic heterocycles. The first-order valence-electron chi connectivity index (χ1n) is 4.29. The van der Waals surface area contributed by atoms with Gasteiger partial charge in [0.25, 0.3) is 0 Å². The van der Waals surface area contributed by atoms with Crippen molar-refractivity contribution >= 4 is 17.0 Å². The lowest BCUT2D eigenvalue weighted by molar-refractivity contribution is 0.940. The van der Waals surface area contributed by atoms with Gasteiger partial charge >= 0.3 is 0 Å². The van der Waals surface area contributed by atoms with Gasteiger partial charge < -0.3 is 10.7 Å². The number of H-pyrrole nitrogens is 1. The predicted molar refractivity (Wildman–Crippen MR) is 53.2 cm³/mol. The van der Waals surface area contributed by atoms with E-state index in [1.165, 1.54) is 6.33 Å². The van der Waals surface area contributed by atoms with Crippen LogP contribution in [-0.2, 0) is 0 Å². The Hall–Kier alpha value is -2.44. The molecule has 7 nitrogen and oxygen atoms in total. The molecule has 7 heteroatoms. The third kappa shape index (κ3) is 1.13. The monoisotopic (exact) mass is 201 g/mol. The number of nitrogens with two attached hydrogens (primary N) is 1. The number of aromatic nitrogens is 6. The number of hydrogen-bond donors (Lipinski definition) is 2. The van der Waals surface area contributed by atoms with E-state index in [4.69, 9.17) is 5.73 Å². The SMILES string of the molecule is Nc1nc(-n2ccnc2)nc2nc[nH]c12. The zero-order valence-electron chi connectivity index (χ0n) is 7.62. The molecule has 0 unspecified atom stereocenters. The molecule has 0 bridgehead atoms. The predicted octanol–water partition coefficient (Wildman–Crippen LogP) is 0.121. The van der Waals surface area contributed by atoms with Crippen LogP contribution in [0.4, 0.5) is 5.82 Å². The van der Waals surface area contributed by atoms with Crippen molar-refractivity contribution in [1.82, 2.24) is 29.5 Å². The highest BCUT2D eigenvalue weighted by atomic mass is 15.2. The summed E-state index contributed by atoms with van der Waals surface area (Å²) in [6.07, 6.45) is 6.53. The van der Waals surface area contributed by atoms with E-state index >= 15 is 0 Å². The van der Waals surface area contributed by atoms with Gasteiger partial charge in [0.15, 0.2) is 11.5 Å². The Bertz CT molecular complexity index is 595. The molecule has 0 aromatic carbocycles. The number of nitrogens with one attached hydrogen (secondary N) is 1. The molecule has 0 atom stereocenters. The summed E-state index contributed by atoms with van der Waals surface area (Å²) < 4.78 is 1.67. The zero-order chi connectivity index (χ0) is 10.3. The second-order valence-electron chi connectivity index (χ2n) is 2.98. The summed E-state index contributed by atoms with van der Waals surface area (Å²) in [4.78, 5) is 19.2. The smallest absolute Gasteiger partial charge is 0.239 e. The molecule has 0 aliphatic carbocycles. The van der Waals surface area contributed by atoms with E-state index in [9.17, 15) is 0 Å². The summed E-state index contributed by atoms with van der Waals surface area (Å²) in [5.41, 5.74) is 6.95. The molecule has 74 valence electrons. The lowest BCUT2D eigenvalue weighted by Gasteiger charge is -2.00. The molecule has 0 saturated heterocycles. The zero-order valence-corrected chi connectivity index (χ0v) is 7.62. The van der Waals surface area contributed by atoms with Crippen molar-refractivity contribution in [2.45, 2.75) is 0 Å². The third-order valence-electron chi connectivity index (χ3n) is 2.04. The second kappa shape index (κ2) is 2.77. The lowest BCUT2D eigenvalue weighted by atomic mass is 10.5. The number of anilines is 1. The van der Waals surface area contributed by atoms with Crippen LogP contribution >= 0.6 is 0 Å². The lowest BCUT2D eigenvalue weighted by Crippen LogP contribution is -2.02. The van der Waals surface area contributed by atoms with Gasteiger partial charge in [-0.25, -0.2) is 9.97 Å². The van der Waals surface area contributed by atoms with Crippen LogP contribution in [0, 0.1) is 0 Å². The molecule has 0 amide bonds. The van der Waals surface area contributed by atoms with Gasteiger partial charge in [0.2, 0.25) is 5.95 Å². The van der Waals surface area contributed by atoms with Crippen LogP contribution < -0.4 is 5.73 Å². The minimum atomic E-state index is 0.376. The highest BCUT2D eigenvalue weighted by molar-refractivity contribution is 5.81. The van der Waals surface area contributed by atoms with Crippen molar-refractivity contribution in [3.05, 3.63) is 25.0 Å². The minimum absolute atomic E-state index is 0.376. The molecule has 3 rings (SSSR count). The number of imidazole rings is 2. The molecule has 0 saturated carbocycles. The molecule has 3 heterocycles. The standard InChI is InChI=1S/C8H7N7/c9-6-5-7(12-3-11-5)14-8(13-6)15-2-1-10-4-15/h1-4H,(H3,9,11,12,13,14). The average Bonchev–Trinajstić information content (AvgIpc) is 2.88. The summed E-state index contributed by atoms with van der Waals surface area (Å²) in [5.74, 6) is 0.839. The van der Waals surface area contributed by atoms with Crippen LogP contribution in [0.3, 0.4) is 0 Å². The summed E-state index contributed by atoms with van der Waals surface area (Å²) in [5, 5.41) is 0. The fourth-order valence-corrected chi connectivity index (χ4v) is 1.34. The van der Waals surface area contributed by atoms with Crippen LogP contribution in [0.2, 0.25) is 0 Å². The van der Waals surface area contributed by atoms with Crippen LogP contribution in [0.25, 0.3) is 17.1 Å². The highest BCUT2D eigenvalue weighted by Crippen LogP contribution is 2.14. The second-order valence-corrected chi connectivity index (χ2v) is 2.98. The topological polar surface area (TPSA) is 98.3 Å². The van der Waals surface area contributed by atoms with Gasteiger partial charge in [-0.1, -0.05) is 0 Å². The largest absolute Gasteiger partial charge is 0.382 e. The Morgan fingerprint density at radius 1 is 1.33 bits per heavy atom. The molecule has 3 aromatic rings.